The Morgan fingerprint density at radius 3 is 2.50 bits per heavy atom. The normalized spacial score (nSPS) is 16.1. The summed E-state index contributed by atoms with van der Waals surface area (Å²) in [6, 6.07) is 12.0. The first-order valence-electron chi connectivity index (χ1n) is 13.5. The number of benzene rings is 1. The van der Waals surface area contributed by atoms with Gasteiger partial charge in [0.2, 0.25) is 5.78 Å². The second-order valence-corrected chi connectivity index (χ2v) is 10.0. The van der Waals surface area contributed by atoms with Gasteiger partial charge < -0.3 is 18.8 Å². The molecule has 4 aromatic rings. The molecule has 13 heteroatoms. The van der Waals surface area contributed by atoms with Crippen molar-refractivity contribution in [3.05, 3.63) is 64.1 Å². The lowest BCUT2D eigenvalue weighted by Gasteiger charge is -2.36. The summed E-state index contributed by atoms with van der Waals surface area (Å²) in [4.78, 5) is 27.5. The van der Waals surface area contributed by atoms with E-state index in [0.717, 1.165) is 44.2 Å². The van der Waals surface area contributed by atoms with Crippen molar-refractivity contribution in [3.8, 4) is 5.75 Å². The number of piperazine rings is 1. The third-order valence-electron chi connectivity index (χ3n) is 7.49. The molecule has 2 N–H and O–H groups in total. The van der Waals surface area contributed by atoms with Crippen LogP contribution in [0.5, 0.6) is 5.75 Å². The number of aryl methyl sites for hydroxylation is 2. The number of hydrogen-bond acceptors (Lipinski definition) is 10. The smallest absolute Gasteiger partial charge is 0.345 e. The van der Waals surface area contributed by atoms with E-state index in [0.29, 0.717) is 48.5 Å². The van der Waals surface area contributed by atoms with Gasteiger partial charge in [-0.05, 0) is 43.3 Å². The van der Waals surface area contributed by atoms with Gasteiger partial charge in [-0.15, -0.1) is 0 Å². The summed E-state index contributed by atoms with van der Waals surface area (Å²) < 4.78 is 21.6. The van der Waals surface area contributed by atoms with Gasteiger partial charge in [-0.3, -0.25) is 19.5 Å². The highest BCUT2D eigenvalue weighted by atomic mass is 16.5. The predicted octanol–water partition coefficient (Wildman–Crippen LogP) is 1.07. The predicted molar refractivity (Wildman–Crippen MR) is 152 cm³/mol. The first kappa shape index (κ1) is 26.2. The minimum Gasteiger partial charge on any atom is -0.491 e. The van der Waals surface area contributed by atoms with Crippen LogP contribution in [0, 0.1) is 6.92 Å². The molecule has 0 bridgehead atoms. The highest BCUT2D eigenvalue weighted by Crippen LogP contribution is 2.27. The molecule has 0 unspecified atom stereocenters. The molecule has 40 heavy (non-hydrogen) atoms. The average molecular weight is 550 g/mol. The van der Waals surface area contributed by atoms with Crippen molar-refractivity contribution >= 4 is 23.0 Å². The van der Waals surface area contributed by atoms with E-state index < -0.39 is 0 Å². The number of furan rings is 1. The molecule has 212 valence electrons. The Kier molecular flexibility index (Phi) is 7.09. The standard InChI is InChI=1S/C27H35N9O4/c1-19-4-9-22(40-19)23-24-25(35(28)18-29-23)30-26-34(27(37)31(2)36(24)26)15-12-32-10-13-33(14-11-32)20-5-7-21(8-6-20)39-17-16-38-3/h4-9H,10-18,28H2,1-3H3. The SMILES string of the molecule is COCCOc1ccc(N2CCN(CCn3c(=O)n(C)n4c5c(nc34)N(N)CN=C5c3ccc(C)o3)CC2)cc1. The monoisotopic (exact) mass is 549 g/mol. The number of imidazole rings is 1. The summed E-state index contributed by atoms with van der Waals surface area (Å²) in [5.41, 5.74) is 2.33. The Labute approximate surface area is 231 Å². The molecule has 0 atom stereocenters. The van der Waals surface area contributed by atoms with E-state index in [4.69, 9.17) is 24.7 Å². The molecule has 2 aliphatic rings. The van der Waals surface area contributed by atoms with Crippen LogP contribution in [0.2, 0.25) is 0 Å². The maximum absolute atomic E-state index is 13.3. The summed E-state index contributed by atoms with van der Waals surface area (Å²) in [5, 5.41) is 1.49. The zero-order valence-corrected chi connectivity index (χ0v) is 23.1. The summed E-state index contributed by atoms with van der Waals surface area (Å²) in [5.74, 6) is 9.60. The molecule has 3 aromatic heterocycles. The molecule has 1 saturated heterocycles. The van der Waals surface area contributed by atoms with E-state index in [-0.39, 0.29) is 12.4 Å². The van der Waals surface area contributed by atoms with Gasteiger partial charge in [-0.1, -0.05) is 0 Å². The van der Waals surface area contributed by atoms with E-state index in [2.05, 4.69) is 26.9 Å². The number of aliphatic imine (C=N–C) groups is 1. The number of fused-ring (bicyclic) bond motifs is 3. The summed E-state index contributed by atoms with van der Waals surface area (Å²) in [6.45, 7) is 8.12. The second-order valence-electron chi connectivity index (χ2n) is 10.0. The van der Waals surface area contributed by atoms with Crippen LogP contribution >= 0.6 is 0 Å². The second kappa shape index (κ2) is 10.8. The van der Waals surface area contributed by atoms with Crippen LogP contribution in [0.3, 0.4) is 0 Å². The van der Waals surface area contributed by atoms with E-state index >= 15 is 0 Å². The van der Waals surface area contributed by atoms with E-state index in [1.807, 2.05) is 31.2 Å². The van der Waals surface area contributed by atoms with Crippen molar-refractivity contribution in [2.45, 2.75) is 13.5 Å². The van der Waals surface area contributed by atoms with Crippen molar-refractivity contribution in [1.82, 2.24) is 23.6 Å². The van der Waals surface area contributed by atoms with Crippen LogP contribution in [0.1, 0.15) is 17.2 Å². The number of aromatic nitrogens is 4. The summed E-state index contributed by atoms with van der Waals surface area (Å²) in [6.07, 6.45) is 0. The van der Waals surface area contributed by atoms with Gasteiger partial charge in [0.1, 0.15) is 36.2 Å². The molecule has 1 fully saturated rings. The van der Waals surface area contributed by atoms with E-state index in [9.17, 15) is 4.79 Å². The fraction of sp³-hybridized carbons (Fsp3) is 0.444. The maximum Gasteiger partial charge on any atom is 0.345 e. The zero-order chi connectivity index (χ0) is 27.8. The van der Waals surface area contributed by atoms with E-state index in [1.54, 1.807) is 27.9 Å². The van der Waals surface area contributed by atoms with Crippen molar-refractivity contribution < 1.29 is 13.9 Å². The Morgan fingerprint density at radius 1 is 1.02 bits per heavy atom. The molecule has 5 heterocycles. The highest BCUT2D eigenvalue weighted by Gasteiger charge is 2.31. The minimum atomic E-state index is -0.138. The largest absolute Gasteiger partial charge is 0.491 e. The first-order valence-corrected chi connectivity index (χ1v) is 13.5. The minimum absolute atomic E-state index is 0.138. The van der Waals surface area contributed by atoms with Crippen LogP contribution in [0.25, 0.3) is 5.78 Å². The Hall–Kier alpha value is -4.07. The van der Waals surface area contributed by atoms with Crippen molar-refractivity contribution in [1.29, 1.82) is 0 Å². The number of hydrogen-bond donors (Lipinski definition) is 1. The Bertz CT molecular complexity index is 1570. The van der Waals surface area contributed by atoms with Crippen molar-refractivity contribution in [2.24, 2.45) is 17.9 Å². The van der Waals surface area contributed by atoms with Gasteiger partial charge in [0.05, 0.1) is 6.61 Å². The topological polar surface area (TPSA) is 124 Å². The molecular weight excluding hydrogens is 514 g/mol. The lowest BCUT2D eigenvalue weighted by Crippen LogP contribution is -2.47. The van der Waals surface area contributed by atoms with Crippen LogP contribution in [-0.4, -0.2) is 89.1 Å². The molecule has 0 radical (unpaired) electrons. The number of hydrazine groups is 1. The first-order chi connectivity index (χ1) is 19.4. The van der Waals surface area contributed by atoms with Crippen molar-refractivity contribution in [3.63, 3.8) is 0 Å². The van der Waals surface area contributed by atoms with Crippen LogP contribution in [0.15, 0.2) is 50.6 Å². The fourth-order valence-electron chi connectivity index (χ4n) is 5.31. The van der Waals surface area contributed by atoms with E-state index in [1.165, 1.54) is 10.7 Å². The molecule has 0 spiro atoms. The highest BCUT2D eigenvalue weighted by molar-refractivity contribution is 6.14. The molecule has 0 amide bonds. The van der Waals surface area contributed by atoms with Crippen LogP contribution in [0.4, 0.5) is 11.5 Å². The third kappa shape index (κ3) is 4.76. The lowest BCUT2D eigenvalue weighted by molar-refractivity contribution is 0.146. The van der Waals surface area contributed by atoms with Gasteiger partial charge in [0, 0.05) is 59.1 Å². The Morgan fingerprint density at radius 2 is 1.80 bits per heavy atom. The van der Waals surface area contributed by atoms with Crippen molar-refractivity contribution in [2.75, 3.05) is 69.6 Å². The van der Waals surface area contributed by atoms with Crippen LogP contribution in [-0.2, 0) is 18.3 Å². The number of rotatable bonds is 9. The molecule has 0 saturated carbocycles. The number of nitrogens with two attached hydrogens (primary N) is 1. The van der Waals surface area contributed by atoms with Gasteiger partial charge in [0.25, 0.3) is 0 Å². The van der Waals surface area contributed by atoms with Gasteiger partial charge in [-0.2, -0.15) is 4.98 Å². The molecule has 0 aliphatic carbocycles. The number of anilines is 2. The average Bonchev–Trinajstić information content (AvgIpc) is 3.64. The van der Waals surface area contributed by atoms with Crippen LogP contribution < -0.4 is 26.2 Å². The number of nitrogens with zero attached hydrogens (tertiary/aromatic N) is 8. The van der Waals surface area contributed by atoms with Gasteiger partial charge >= 0.3 is 5.69 Å². The number of ether oxygens (including phenoxy) is 2. The Balaban J connectivity index is 1.14. The molecule has 13 nitrogen and oxygen atoms in total. The third-order valence-corrected chi connectivity index (χ3v) is 7.49. The fourth-order valence-corrected chi connectivity index (χ4v) is 5.31. The maximum atomic E-state index is 13.3. The zero-order valence-electron chi connectivity index (χ0n) is 23.1. The number of methoxy groups -OCH3 is 1. The van der Waals surface area contributed by atoms with Gasteiger partial charge in [-0.25, -0.2) is 19.8 Å². The molecular formula is C27H35N9O4. The molecule has 6 rings (SSSR count). The summed E-state index contributed by atoms with van der Waals surface area (Å²) >= 11 is 0. The quantitative estimate of drug-likeness (QED) is 0.241. The molecule has 1 aromatic carbocycles. The molecule has 2 aliphatic heterocycles. The van der Waals surface area contributed by atoms with Gasteiger partial charge in [0.15, 0.2) is 11.6 Å². The summed E-state index contributed by atoms with van der Waals surface area (Å²) in [7, 11) is 3.40. The lowest BCUT2D eigenvalue weighted by atomic mass is 10.2.